The minimum absolute atomic E-state index is 0.357. The number of carbonyl (C=O) groups is 2. The van der Waals surface area contributed by atoms with Crippen LogP contribution in [0.4, 0.5) is 0 Å². The van der Waals surface area contributed by atoms with Crippen molar-refractivity contribution in [1.29, 1.82) is 0 Å². The van der Waals surface area contributed by atoms with Crippen molar-refractivity contribution in [3.8, 4) is 0 Å². The quantitative estimate of drug-likeness (QED) is 0.178. The normalized spacial score (nSPS) is 12.3. The summed E-state index contributed by atoms with van der Waals surface area (Å²) in [7, 11) is -0.633. The van der Waals surface area contributed by atoms with Gasteiger partial charge < -0.3 is 14.1 Å². The third-order valence-electron chi connectivity index (χ3n) is 6.07. The molecule has 5 nitrogen and oxygen atoms in total. The monoisotopic (exact) mass is 417 g/mol. The van der Waals surface area contributed by atoms with Crippen LogP contribution in [0.1, 0.15) is 63.9 Å². The highest BCUT2D eigenvalue weighted by Gasteiger charge is 2.44. The maximum absolute atomic E-state index is 12.2. The van der Waals surface area contributed by atoms with Crippen LogP contribution < -0.4 is 0 Å². The lowest BCUT2D eigenvalue weighted by Gasteiger charge is -2.42. The van der Waals surface area contributed by atoms with E-state index in [1.165, 1.54) is 7.11 Å². The highest BCUT2D eigenvalue weighted by molar-refractivity contribution is 6.77. The Morgan fingerprint density at radius 1 is 1.03 bits per heavy atom. The van der Waals surface area contributed by atoms with E-state index in [1.807, 2.05) is 12.1 Å². The van der Waals surface area contributed by atoms with Crippen LogP contribution in [-0.4, -0.2) is 38.8 Å². The van der Waals surface area contributed by atoms with Crippen molar-refractivity contribution >= 4 is 31.0 Å². The summed E-state index contributed by atoms with van der Waals surface area (Å²) in [5.41, 5.74) is 4.10. The molecule has 0 fully saturated rings. The Morgan fingerprint density at radius 3 is 2.21 bits per heavy atom. The number of aromatic nitrogens is 1. The van der Waals surface area contributed by atoms with Crippen LogP contribution >= 0.6 is 0 Å². The molecular weight excluding hydrogens is 382 g/mol. The van der Waals surface area contributed by atoms with E-state index in [4.69, 9.17) is 4.43 Å². The smallest absolute Gasteiger partial charge is 0.379 e. The van der Waals surface area contributed by atoms with E-state index in [1.54, 1.807) is 6.20 Å². The van der Waals surface area contributed by atoms with Gasteiger partial charge in [0.1, 0.15) is 0 Å². The first-order valence-electron chi connectivity index (χ1n) is 10.5. The van der Waals surface area contributed by atoms with Crippen LogP contribution in [-0.2, 0) is 20.4 Å². The zero-order valence-electron chi connectivity index (χ0n) is 18.8. The lowest BCUT2D eigenvalue weighted by Crippen LogP contribution is -2.48. The number of ether oxygens (including phenoxy) is 1. The van der Waals surface area contributed by atoms with E-state index in [0.717, 1.165) is 35.9 Å². The summed E-state index contributed by atoms with van der Waals surface area (Å²) >= 11 is 0. The summed E-state index contributed by atoms with van der Waals surface area (Å²) in [5.74, 6) is -1.47. The lowest BCUT2D eigenvalue weighted by atomic mass is 10.0. The fourth-order valence-corrected chi connectivity index (χ4v) is 10.3. The first kappa shape index (κ1) is 23.4. The van der Waals surface area contributed by atoms with Gasteiger partial charge in [-0.2, -0.15) is 0 Å². The Balaban J connectivity index is 2.13. The largest absolute Gasteiger partial charge is 0.463 e. The number of hydrogen-bond acceptors (Lipinski definition) is 4. The molecule has 0 atom stereocenters. The third kappa shape index (κ3) is 4.64. The van der Waals surface area contributed by atoms with Crippen LogP contribution in [0.5, 0.6) is 0 Å². The summed E-state index contributed by atoms with van der Waals surface area (Å²) in [6.45, 7) is 14.5. The van der Waals surface area contributed by atoms with Crippen LogP contribution in [0.2, 0.25) is 16.6 Å². The second-order valence-electron chi connectivity index (χ2n) is 8.63. The van der Waals surface area contributed by atoms with E-state index in [-0.39, 0.29) is 0 Å². The Labute approximate surface area is 175 Å². The van der Waals surface area contributed by atoms with E-state index in [2.05, 4.69) is 57.3 Å². The van der Waals surface area contributed by atoms with Gasteiger partial charge in [0.2, 0.25) is 0 Å². The maximum Gasteiger partial charge on any atom is 0.379 e. The number of aromatic amines is 1. The predicted octanol–water partition coefficient (Wildman–Crippen LogP) is 5.65. The second-order valence-corrected chi connectivity index (χ2v) is 14.1. The van der Waals surface area contributed by atoms with E-state index < -0.39 is 20.1 Å². The van der Waals surface area contributed by atoms with Crippen LogP contribution in [0.3, 0.4) is 0 Å². The molecule has 2 rings (SSSR count). The number of carbonyl (C=O) groups excluding carboxylic acids is 2. The van der Waals surface area contributed by atoms with Gasteiger partial charge in [-0.1, -0.05) is 59.7 Å². The Hall–Kier alpha value is -1.92. The molecule has 0 spiro atoms. The average Bonchev–Trinajstić information content (AvgIpc) is 3.10. The molecule has 1 aromatic carbocycles. The zero-order chi connectivity index (χ0) is 21.8. The SMILES string of the molecule is COC(=O)C(=O)c1c[nH]c2c(CCCO[Si](C(C)C)(C(C)C)C(C)C)cccc12. The van der Waals surface area contributed by atoms with E-state index >= 15 is 0 Å². The molecular formula is C23H35NO4Si. The summed E-state index contributed by atoms with van der Waals surface area (Å²) in [6, 6.07) is 5.84. The molecule has 160 valence electrons. The van der Waals surface area contributed by atoms with Crippen LogP contribution in [0, 0.1) is 0 Å². The van der Waals surface area contributed by atoms with E-state index in [0.29, 0.717) is 22.2 Å². The fourth-order valence-electron chi connectivity index (χ4n) is 4.83. The molecule has 0 unspecified atom stereocenters. The first-order valence-corrected chi connectivity index (χ1v) is 12.7. The summed E-state index contributed by atoms with van der Waals surface area (Å²) < 4.78 is 11.2. The minimum atomic E-state index is -1.85. The van der Waals surface area contributed by atoms with Crippen molar-refractivity contribution < 1.29 is 18.8 Å². The second kappa shape index (κ2) is 9.72. The number of hydrogen-bond donors (Lipinski definition) is 1. The van der Waals surface area contributed by atoms with Crippen molar-refractivity contribution in [2.45, 2.75) is 71.0 Å². The zero-order valence-corrected chi connectivity index (χ0v) is 19.8. The Bertz CT molecular complexity index is 832. The number of rotatable bonds is 10. The number of aryl methyl sites for hydroxylation is 1. The van der Waals surface area contributed by atoms with Gasteiger partial charge in [-0.15, -0.1) is 0 Å². The number of Topliss-reactive ketones (excluding diaryl/α,β-unsaturated/α-hetero) is 1. The molecule has 1 N–H and O–H groups in total. The summed E-state index contributed by atoms with van der Waals surface area (Å²) in [6.07, 6.45) is 3.36. The molecule has 1 heterocycles. The van der Waals surface area contributed by atoms with Gasteiger partial charge in [0.05, 0.1) is 12.7 Å². The molecule has 29 heavy (non-hydrogen) atoms. The first-order chi connectivity index (χ1) is 13.7. The van der Waals surface area contributed by atoms with Gasteiger partial charge in [-0.25, -0.2) is 4.79 Å². The molecule has 0 saturated carbocycles. The number of para-hydroxylation sites is 1. The minimum Gasteiger partial charge on any atom is -0.463 e. The molecule has 0 aliphatic heterocycles. The molecule has 1 aromatic heterocycles. The van der Waals surface area contributed by atoms with Crippen molar-refractivity contribution in [1.82, 2.24) is 4.98 Å². The molecule has 0 radical (unpaired) electrons. The number of benzene rings is 1. The molecule has 0 bridgehead atoms. The maximum atomic E-state index is 12.2. The summed E-state index contributed by atoms with van der Waals surface area (Å²) in [5, 5.41) is 0.758. The summed E-state index contributed by atoms with van der Waals surface area (Å²) in [4.78, 5) is 27.0. The number of nitrogens with one attached hydrogen (secondary N) is 1. The topological polar surface area (TPSA) is 68.4 Å². The number of ketones is 1. The number of fused-ring (bicyclic) bond motifs is 1. The van der Waals surface area contributed by atoms with Gasteiger partial charge in [-0.05, 0) is 35.0 Å². The van der Waals surface area contributed by atoms with Gasteiger partial charge in [-0.3, -0.25) is 4.79 Å². The number of esters is 1. The average molecular weight is 418 g/mol. The van der Waals surface area contributed by atoms with Crippen LogP contribution in [0.15, 0.2) is 24.4 Å². The molecule has 0 aliphatic rings. The number of methoxy groups -OCH3 is 1. The molecule has 2 aromatic rings. The van der Waals surface area contributed by atoms with Gasteiger partial charge in [0.25, 0.3) is 5.78 Å². The predicted molar refractivity (Wildman–Crippen MR) is 120 cm³/mol. The van der Waals surface area contributed by atoms with Gasteiger partial charge >= 0.3 is 5.97 Å². The molecule has 0 saturated heterocycles. The highest BCUT2D eigenvalue weighted by Crippen LogP contribution is 2.42. The standard InChI is InChI=1S/C23H35NO4Si/c1-15(2)29(16(3)4,17(5)6)28-13-9-11-18-10-8-12-19-20(14-24-21(18)19)22(25)23(26)27-7/h8,10,12,14-17,24H,9,11,13H2,1-7H3. The Kier molecular flexibility index (Phi) is 7.83. The molecule has 0 aliphatic carbocycles. The van der Waals surface area contributed by atoms with Gasteiger partial charge in [0.15, 0.2) is 8.32 Å². The van der Waals surface area contributed by atoms with Crippen molar-refractivity contribution in [2.75, 3.05) is 13.7 Å². The van der Waals surface area contributed by atoms with Crippen molar-refractivity contribution in [3.05, 3.63) is 35.5 Å². The van der Waals surface area contributed by atoms with Gasteiger partial charge in [0, 0.05) is 23.7 Å². The van der Waals surface area contributed by atoms with E-state index in [9.17, 15) is 9.59 Å². The van der Waals surface area contributed by atoms with Crippen LogP contribution in [0.25, 0.3) is 10.9 Å². The fraction of sp³-hybridized carbons (Fsp3) is 0.565. The molecule has 0 amide bonds. The highest BCUT2D eigenvalue weighted by atomic mass is 28.4. The Morgan fingerprint density at radius 2 is 1.66 bits per heavy atom. The molecule has 6 heteroatoms. The van der Waals surface area contributed by atoms with Crippen molar-refractivity contribution in [3.63, 3.8) is 0 Å². The third-order valence-corrected chi connectivity index (χ3v) is 12.2. The lowest BCUT2D eigenvalue weighted by molar-refractivity contribution is -0.135. The van der Waals surface area contributed by atoms with Crippen molar-refractivity contribution in [2.24, 2.45) is 0 Å². The number of H-pyrrole nitrogens is 1.